The van der Waals surface area contributed by atoms with Crippen LogP contribution in [0.15, 0.2) is 48.5 Å². The van der Waals surface area contributed by atoms with Crippen LogP contribution in [-0.4, -0.2) is 23.5 Å². The van der Waals surface area contributed by atoms with Gasteiger partial charge >= 0.3 is 12.3 Å². The van der Waals surface area contributed by atoms with Gasteiger partial charge < -0.3 is 18.9 Å². The highest BCUT2D eigenvalue weighted by molar-refractivity contribution is 6.12. The van der Waals surface area contributed by atoms with Crippen LogP contribution in [0.5, 0.6) is 11.5 Å². The lowest BCUT2D eigenvalue weighted by Gasteiger charge is -2.21. The van der Waals surface area contributed by atoms with Crippen molar-refractivity contribution in [2.75, 3.05) is 0 Å². The first-order valence-corrected chi connectivity index (χ1v) is 9.70. The Morgan fingerprint density at radius 2 is 0.833 bits per heavy atom. The van der Waals surface area contributed by atoms with E-state index in [0.29, 0.717) is 33.0 Å². The largest absolute Gasteiger partial charge is 0.514 e. The average Bonchev–Trinajstić information content (AvgIpc) is 2.61. The second-order valence-corrected chi connectivity index (χ2v) is 8.88. The van der Waals surface area contributed by atoms with Crippen molar-refractivity contribution >= 4 is 33.9 Å². The Morgan fingerprint density at radius 1 is 0.567 bits per heavy atom. The first kappa shape index (κ1) is 21.4. The predicted molar refractivity (Wildman–Crippen MR) is 115 cm³/mol. The summed E-state index contributed by atoms with van der Waals surface area (Å²) in [5.41, 5.74) is -1.38. The van der Waals surface area contributed by atoms with E-state index in [9.17, 15) is 9.59 Å². The van der Waals surface area contributed by atoms with Crippen LogP contribution in [0.4, 0.5) is 9.59 Å². The van der Waals surface area contributed by atoms with Gasteiger partial charge in [-0.25, -0.2) is 9.59 Å². The number of hydrogen-bond donors (Lipinski definition) is 0. The monoisotopic (exact) mass is 410 g/mol. The van der Waals surface area contributed by atoms with Crippen LogP contribution in [0.2, 0.25) is 0 Å². The van der Waals surface area contributed by atoms with E-state index in [0.717, 1.165) is 0 Å². The fourth-order valence-corrected chi connectivity index (χ4v) is 2.98. The van der Waals surface area contributed by atoms with Gasteiger partial charge in [0.15, 0.2) is 0 Å². The lowest BCUT2D eigenvalue weighted by Crippen LogP contribution is -2.26. The van der Waals surface area contributed by atoms with Crippen LogP contribution in [0.25, 0.3) is 21.5 Å². The minimum absolute atomic E-state index is 0.340. The molecule has 0 atom stereocenters. The van der Waals surface area contributed by atoms with Crippen molar-refractivity contribution in [2.45, 2.75) is 52.7 Å². The summed E-state index contributed by atoms with van der Waals surface area (Å²) in [5.74, 6) is 0.680. The van der Waals surface area contributed by atoms with Crippen LogP contribution in [-0.2, 0) is 9.47 Å². The molecule has 0 amide bonds. The summed E-state index contributed by atoms with van der Waals surface area (Å²) in [4.78, 5) is 24.8. The summed E-state index contributed by atoms with van der Waals surface area (Å²) in [6.45, 7) is 10.6. The summed E-state index contributed by atoms with van der Waals surface area (Å²) < 4.78 is 21.9. The van der Waals surface area contributed by atoms with Gasteiger partial charge in [-0.15, -0.1) is 0 Å². The third kappa shape index (κ3) is 5.00. The molecular weight excluding hydrogens is 384 g/mol. The number of carbonyl (C=O) groups excluding carboxylic acids is 2. The predicted octanol–water partition coefficient (Wildman–Crippen LogP) is 6.62. The molecule has 0 aliphatic heterocycles. The molecule has 6 heteroatoms. The number of hydrogen-bond acceptors (Lipinski definition) is 6. The minimum atomic E-state index is -0.807. The lowest BCUT2D eigenvalue weighted by atomic mass is 10.0. The molecule has 0 fully saturated rings. The van der Waals surface area contributed by atoms with E-state index in [2.05, 4.69) is 0 Å². The van der Waals surface area contributed by atoms with Gasteiger partial charge in [0.25, 0.3) is 0 Å². The first-order valence-electron chi connectivity index (χ1n) is 9.70. The topological polar surface area (TPSA) is 71.1 Å². The second-order valence-electron chi connectivity index (χ2n) is 8.88. The molecule has 0 aromatic heterocycles. The number of fused-ring (bicyclic) bond motifs is 2. The van der Waals surface area contributed by atoms with E-state index in [4.69, 9.17) is 18.9 Å². The second kappa shape index (κ2) is 7.86. The quantitative estimate of drug-likeness (QED) is 0.268. The lowest BCUT2D eigenvalue weighted by molar-refractivity contribution is 0.0194. The molecular formula is C24H26O6. The third-order valence-electron chi connectivity index (χ3n) is 3.98. The zero-order valence-electron chi connectivity index (χ0n) is 18.1. The van der Waals surface area contributed by atoms with Crippen molar-refractivity contribution in [1.82, 2.24) is 0 Å². The summed E-state index contributed by atoms with van der Waals surface area (Å²) in [5, 5.41) is 2.45. The van der Waals surface area contributed by atoms with E-state index in [-0.39, 0.29) is 0 Å². The summed E-state index contributed by atoms with van der Waals surface area (Å²) in [6, 6.07) is 14.4. The zero-order valence-corrected chi connectivity index (χ0v) is 18.1. The molecule has 0 bridgehead atoms. The van der Waals surface area contributed by atoms with Gasteiger partial charge in [-0.05, 0) is 41.5 Å². The number of ether oxygens (including phenoxy) is 4. The minimum Gasteiger partial charge on any atom is -0.428 e. The molecule has 0 spiro atoms. The van der Waals surface area contributed by atoms with Gasteiger partial charge in [0, 0.05) is 21.5 Å². The van der Waals surface area contributed by atoms with Crippen molar-refractivity contribution in [2.24, 2.45) is 0 Å². The molecule has 0 saturated carbocycles. The summed E-state index contributed by atoms with van der Waals surface area (Å²) in [7, 11) is 0. The molecule has 3 aromatic rings. The fourth-order valence-electron chi connectivity index (χ4n) is 2.98. The molecule has 0 aliphatic rings. The van der Waals surface area contributed by atoms with Crippen molar-refractivity contribution in [1.29, 1.82) is 0 Å². The maximum absolute atomic E-state index is 12.4. The number of carbonyl (C=O) groups is 2. The molecule has 158 valence electrons. The van der Waals surface area contributed by atoms with Gasteiger partial charge in [-0.1, -0.05) is 48.5 Å². The van der Waals surface area contributed by atoms with Crippen molar-refractivity contribution < 1.29 is 28.5 Å². The zero-order chi connectivity index (χ0) is 22.1. The molecule has 0 N–H and O–H groups in total. The summed E-state index contributed by atoms with van der Waals surface area (Å²) >= 11 is 0. The van der Waals surface area contributed by atoms with Gasteiger partial charge in [-0.2, -0.15) is 0 Å². The normalized spacial score (nSPS) is 11.9. The molecule has 0 saturated heterocycles. The van der Waals surface area contributed by atoms with Crippen LogP contribution in [0.1, 0.15) is 41.5 Å². The molecule has 3 rings (SSSR count). The van der Waals surface area contributed by atoms with Crippen molar-refractivity contribution in [3.05, 3.63) is 48.5 Å². The number of rotatable bonds is 2. The van der Waals surface area contributed by atoms with Crippen LogP contribution >= 0.6 is 0 Å². The Bertz CT molecular complexity index is 957. The summed E-state index contributed by atoms with van der Waals surface area (Å²) in [6.07, 6.45) is -1.61. The molecule has 30 heavy (non-hydrogen) atoms. The number of benzene rings is 3. The Balaban J connectivity index is 2.15. The molecule has 0 unspecified atom stereocenters. The maximum Gasteiger partial charge on any atom is 0.514 e. The molecule has 3 aromatic carbocycles. The van der Waals surface area contributed by atoms with Crippen molar-refractivity contribution in [3.8, 4) is 11.5 Å². The molecule has 6 nitrogen and oxygen atoms in total. The van der Waals surface area contributed by atoms with E-state index < -0.39 is 23.5 Å². The third-order valence-corrected chi connectivity index (χ3v) is 3.98. The Morgan fingerprint density at radius 3 is 1.07 bits per heavy atom. The molecule has 0 radical (unpaired) electrons. The van der Waals surface area contributed by atoms with E-state index in [1.165, 1.54) is 0 Å². The highest BCUT2D eigenvalue weighted by Gasteiger charge is 2.24. The Hall–Kier alpha value is -3.28. The molecule has 0 heterocycles. The van der Waals surface area contributed by atoms with Gasteiger partial charge in [0.05, 0.1) is 0 Å². The van der Waals surface area contributed by atoms with Gasteiger partial charge in [0.2, 0.25) is 0 Å². The smallest absolute Gasteiger partial charge is 0.428 e. The maximum atomic E-state index is 12.4. The highest BCUT2D eigenvalue weighted by Crippen LogP contribution is 2.43. The first-order chi connectivity index (χ1) is 13.9. The fraction of sp³-hybridized carbons (Fsp3) is 0.333. The standard InChI is InChI=1S/C24H26O6/c1-23(2,3)29-21(25)27-19-15-11-7-9-13-17(15)20(18-14-10-8-12-16(18)19)28-22(26)30-24(4,5)6/h7-14H,1-6H3. The van der Waals surface area contributed by atoms with Crippen molar-refractivity contribution in [3.63, 3.8) is 0 Å². The van der Waals surface area contributed by atoms with Crippen LogP contribution in [0.3, 0.4) is 0 Å². The highest BCUT2D eigenvalue weighted by atomic mass is 16.7. The van der Waals surface area contributed by atoms with E-state index in [1.54, 1.807) is 65.8 Å². The SMILES string of the molecule is CC(C)(C)OC(=O)Oc1c2ccccc2c(OC(=O)OC(C)(C)C)c2ccccc12. The Labute approximate surface area is 175 Å². The Kier molecular flexibility index (Phi) is 5.61. The van der Waals surface area contributed by atoms with Gasteiger partial charge in [0.1, 0.15) is 22.7 Å². The van der Waals surface area contributed by atoms with Crippen LogP contribution in [0, 0.1) is 0 Å². The van der Waals surface area contributed by atoms with Gasteiger partial charge in [-0.3, -0.25) is 0 Å². The average molecular weight is 410 g/mol. The van der Waals surface area contributed by atoms with E-state index in [1.807, 2.05) is 24.3 Å². The van der Waals surface area contributed by atoms with E-state index >= 15 is 0 Å². The molecule has 0 aliphatic carbocycles. The van der Waals surface area contributed by atoms with Crippen LogP contribution < -0.4 is 9.47 Å².